The number of carbonyl (C=O) groups excluding carboxylic acids is 1. The molecule has 0 bridgehead atoms. The van der Waals surface area contributed by atoms with Gasteiger partial charge in [0, 0.05) is 25.8 Å². The first-order chi connectivity index (χ1) is 9.17. The van der Waals surface area contributed by atoms with E-state index in [1.807, 2.05) is 6.92 Å². The van der Waals surface area contributed by atoms with Crippen LogP contribution >= 0.6 is 12.4 Å². The highest BCUT2D eigenvalue weighted by Crippen LogP contribution is 2.20. The van der Waals surface area contributed by atoms with E-state index < -0.39 is 6.10 Å². The number of nitrogens with one attached hydrogen (secondary N) is 1. The van der Waals surface area contributed by atoms with Gasteiger partial charge in [0.1, 0.15) is 11.6 Å². The predicted molar refractivity (Wildman–Crippen MR) is 79.1 cm³/mol. The van der Waals surface area contributed by atoms with Gasteiger partial charge in [0.2, 0.25) is 0 Å². The van der Waals surface area contributed by atoms with Crippen LogP contribution in [0.1, 0.15) is 12.8 Å². The number of hydrogen-bond donors (Lipinski definition) is 2. The fourth-order valence-electron chi connectivity index (χ4n) is 1.74. The molecule has 2 rings (SSSR count). The molecule has 0 aliphatic carbocycles. The number of carbonyl (C=O) groups is 1. The van der Waals surface area contributed by atoms with Crippen molar-refractivity contribution in [2.45, 2.75) is 19.4 Å². The van der Waals surface area contributed by atoms with Gasteiger partial charge in [-0.05, 0) is 18.2 Å². The van der Waals surface area contributed by atoms with Crippen molar-refractivity contribution in [2.75, 3.05) is 19.0 Å². The Kier molecular flexibility index (Phi) is 5.94. The highest BCUT2D eigenvalue weighted by molar-refractivity contribution is 5.95. The van der Waals surface area contributed by atoms with E-state index >= 15 is 0 Å². The number of anilines is 1. The number of rotatable bonds is 5. The Morgan fingerprint density at radius 2 is 2.30 bits per heavy atom. The molecule has 0 spiro atoms. The first kappa shape index (κ1) is 16.4. The molecule has 0 saturated carbocycles. The maximum Gasteiger partial charge on any atom is 0.254 e. The van der Waals surface area contributed by atoms with E-state index in [9.17, 15) is 4.79 Å². The van der Waals surface area contributed by atoms with Crippen LogP contribution in [-0.2, 0) is 16.0 Å². The summed E-state index contributed by atoms with van der Waals surface area (Å²) in [5.74, 6) is 0.402. The third kappa shape index (κ3) is 3.47. The quantitative estimate of drug-likeness (QED) is 0.877. The number of amides is 1. The zero-order valence-corrected chi connectivity index (χ0v) is 12.2. The standard InChI is InChI=1S/C13H17N3O3.ClH/c1-3-12-16-9-6-8(4-5-10(9)19-12)15-13(17)11(7-14)18-2;/h4-6,11H,3,7,14H2,1-2H3,(H,15,17);1H. The number of nitrogens with zero attached hydrogens (tertiary/aromatic N) is 1. The summed E-state index contributed by atoms with van der Waals surface area (Å²) < 4.78 is 10.5. The van der Waals surface area contributed by atoms with Crippen LogP contribution in [0.5, 0.6) is 0 Å². The Hall–Kier alpha value is -1.63. The maximum absolute atomic E-state index is 11.8. The first-order valence-electron chi connectivity index (χ1n) is 6.11. The molecule has 110 valence electrons. The minimum Gasteiger partial charge on any atom is -0.441 e. The van der Waals surface area contributed by atoms with Crippen molar-refractivity contribution < 1.29 is 13.9 Å². The molecule has 20 heavy (non-hydrogen) atoms. The summed E-state index contributed by atoms with van der Waals surface area (Å²) in [5.41, 5.74) is 7.50. The highest BCUT2D eigenvalue weighted by Gasteiger charge is 2.16. The summed E-state index contributed by atoms with van der Waals surface area (Å²) in [4.78, 5) is 16.1. The van der Waals surface area contributed by atoms with Gasteiger partial charge >= 0.3 is 0 Å². The Morgan fingerprint density at radius 3 is 2.90 bits per heavy atom. The van der Waals surface area contributed by atoms with Gasteiger partial charge < -0.3 is 20.2 Å². The van der Waals surface area contributed by atoms with Crippen LogP contribution in [0.3, 0.4) is 0 Å². The van der Waals surface area contributed by atoms with Gasteiger partial charge in [0.15, 0.2) is 11.5 Å². The number of aromatic nitrogens is 1. The SMILES string of the molecule is CCc1nc2cc(NC(=O)C(CN)OC)ccc2o1.Cl. The monoisotopic (exact) mass is 299 g/mol. The van der Waals surface area contributed by atoms with Crippen LogP contribution in [0.4, 0.5) is 5.69 Å². The molecule has 7 heteroatoms. The number of methoxy groups -OCH3 is 1. The summed E-state index contributed by atoms with van der Waals surface area (Å²) in [5, 5.41) is 2.74. The Balaban J connectivity index is 0.00000200. The zero-order valence-electron chi connectivity index (χ0n) is 11.4. The van der Waals surface area contributed by atoms with Crippen molar-refractivity contribution in [1.29, 1.82) is 0 Å². The number of benzene rings is 1. The third-order valence-electron chi connectivity index (χ3n) is 2.79. The van der Waals surface area contributed by atoms with E-state index in [2.05, 4.69) is 10.3 Å². The van der Waals surface area contributed by atoms with Gasteiger partial charge in [-0.25, -0.2) is 4.98 Å². The van der Waals surface area contributed by atoms with E-state index in [1.165, 1.54) is 7.11 Å². The molecule has 1 amide bonds. The zero-order chi connectivity index (χ0) is 13.8. The number of nitrogens with two attached hydrogens (primary N) is 1. The van der Waals surface area contributed by atoms with Crippen molar-refractivity contribution in [1.82, 2.24) is 4.98 Å². The highest BCUT2D eigenvalue weighted by atomic mass is 35.5. The average molecular weight is 300 g/mol. The summed E-state index contributed by atoms with van der Waals surface area (Å²) in [7, 11) is 1.45. The molecule has 0 saturated heterocycles. The molecule has 2 aromatic rings. The average Bonchev–Trinajstić information content (AvgIpc) is 2.82. The second kappa shape index (κ2) is 7.23. The van der Waals surface area contributed by atoms with Gasteiger partial charge in [-0.15, -0.1) is 12.4 Å². The lowest BCUT2D eigenvalue weighted by molar-refractivity contribution is -0.125. The fraction of sp³-hybridized carbons (Fsp3) is 0.385. The van der Waals surface area contributed by atoms with Gasteiger partial charge in [0.05, 0.1) is 0 Å². The van der Waals surface area contributed by atoms with Crippen molar-refractivity contribution in [3.8, 4) is 0 Å². The predicted octanol–water partition coefficient (Wildman–Crippen LogP) is 1.72. The molecular formula is C13H18ClN3O3. The topological polar surface area (TPSA) is 90.4 Å². The van der Waals surface area contributed by atoms with E-state index in [0.29, 0.717) is 17.2 Å². The van der Waals surface area contributed by atoms with Crippen LogP contribution < -0.4 is 11.1 Å². The number of oxazole rings is 1. The number of aryl methyl sites for hydroxylation is 1. The Labute approximate surface area is 123 Å². The summed E-state index contributed by atoms with van der Waals surface area (Å²) in [6.07, 6.45) is 0.0779. The number of halogens is 1. The van der Waals surface area contributed by atoms with Crippen LogP contribution in [0.15, 0.2) is 22.6 Å². The molecule has 1 heterocycles. The Morgan fingerprint density at radius 1 is 1.55 bits per heavy atom. The molecule has 0 aliphatic heterocycles. The van der Waals surface area contributed by atoms with Crippen molar-refractivity contribution >= 4 is 35.1 Å². The second-order valence-electron chi connectivity index (χ2n) is 4.09. The van der Waals surface area contributed by atoms with Gasteiger partial charge in [-0.1, -0.05) is 6.92 Å². The summed E-state index contributed by atoms with van der Waals surface area (Å²) in [6.45, 7) is 2.10. The lowest BCUT2D eigenvalue weighted by Gasteiger charge is -2.12. The van der Waals surface area contributed by atoms with Crippen LogP contribution in [0, 0.1) is 0 Å². The van der Waals surface area contributed by atoms with E-state index in [4.69, 9.17) is 14.9 Å². The number of ether oxygens (including phenoxy) is 1. The van der Waals surface area contributed by atoms with Crippen molar-refractivity contribution in [3.63, 3.8) is 0 Å². The van der Waals surface area contributed by atoms with Gasteiger partial charge in [0.25, 0.3) is 5.91 Å². The number of hydrogen-bond acceptors (Lipinski definition) is 5. The van der Waals surface area contributed by atoms with Crippen molar-refractivity contribution in [3.05, 3.63) is 24.1 Å². The molecule has 3 N–H and O–H groups in total. The smallest absolute Gasteiger partial charge is 0.254 e. The van der Waals surface area contributed by atoms with E-state index in [0.717, 1.165) is 11.9 Å². The molecule has 6 nitrogen and oxygen atoms in total. The molecule has 1 atom stereocenters. The largest absolute Gasteiger partial charge is 0.441 e. The van der Waals surface area contributed by atoms with Crippen LogP contribution in [0.2, 0.25) is 0 Å². The molecule has 1 aromatic carbocycles. The van der Waals surface area contributed by atoms with Crippen molar-refractivity contribution in [2.24, 2.45) is 5.73 Å². The molecule has 0 radical (unpaired) electrons. The lowest BCUT2D eigenvalue weighted by Crippen LogP contribution is -2.35. The summed E-state index contributed by atoms with van der Waals surface area (Å²) >= 11 is 0. The minimum absolute atomic E-state index is 0. The second-order valence-corrected chi connectivity index (χ2v) is 4.09. The Bertz CT molecular complexity index is 581. The molecule has 0 aliphatic rings. The molecule has 0 fully saturated rings. The van der Waals surface area contributed by atoms with Crippen LogP contribution in [0.25, 0.3) is 11.1 Å². The minimum atomic E-state index is -0.654. The number of fused-ring (bicyclic) bond motifs is 1. The normalized spacial score (nSPS) is 11.9. The van der Waals surface area contributed by atoms with Crippen LogP contribution in [-0.4, -0.2) is 30.6 Å². The van der Waals surface area contributed by atoms with E-state index in [-0.39, 0.29) is 24.9 Å². The fourth-order valence-corrected chi connectivity index (χ4v) is 1.74. The maximum atomic E-state index is 11.8. The molecule has 1 unspecified atom stereocenters. The third-order valence-corrected chi connectivity index (χ3v) is 2.79. The molecule has 1 aromatic heterocycles. The molecular weight excluding hydrogens is 282 g/mol. The van der Waals surface area contributed by atoms with Gasteiger partial charge in [-0.2, -0.15) is 0 Å². The first-order valence-corrected chi connectivity index (χ1v) is 6.11. The van der Waals surface area contributed by atoms with E-state index in [1.54, 1.807) is 18.2 Å². The summed E-state index contributed by atoms with van der Waals surface area (Å²) in [6, 6.07) is 5.30. The lowest BCUT2D eigenvalue weighted by atomic mass is 10.2. The van der Waals surface area contributed by atoms with Gasteiger partial charge in [-0.3, -0.25) is 4.79 Å².